The minimum Gasteiger partial charge on any atom is -0.491 e. The second-order valence-corrected chi connectivity index (χ2v) is 6.46. The molecule has 0 radical (unpaired) electrons. The van der Waals surface area contributed by atoms with Crippen LogP contribution in [-0.4, -0.2) is 42.1 Å². The minimum atomic E-state index is -0.0362. The predicted molar refractivity (Wildman–Crippen MR) is 84.7 cm³/mol. The molecule has 0 spiro atoms. The summed E-state index contributed by atoms with van der Waals surface area (Å²) in [4.78, 5) is 14.1. The molecule has 5 heteroatoms. The molecule has 110 valence electrons. The Morgan fingerprint density at radius 1 is 1.35 bits per heavy atom. The number of carbonyl (C=O) groups is 1. The van der Waals surface area contributed by atoms with Gasteiger partial charge in [0.15, 0.2) is 0 Å². The zero-order valence-corrected chi connectivity index (χ0v) is 12.9. The van der Waals surface area contributed by atoms with Gasteiger partial charge in [-0.25, -0.2) is 4.79 Å². The molecule has 4 nitrogen and oxygen atoms in total. The zero-order valence-electron chi connectivity index (χ0n) is 12.1. The Bertz CT molecular complexity index is 445. The van der Waals surface area contributed by atoms with Gasteiger partial charge in [0.1, 0.15) is 5.75 Å². The summed E-state index contributed by atoms with van der Waals surface area (Å²) in [6.45, 7) is 6.48. The topological polar surface area (TPSA) is 41.6 Å². The van der Waals surface area contributed by atoms with E-state index in [1.54, 1.807) is 0 Å². The van der Waals surface area contributed by atoms with E-state index < -0.39 is 0 Å². The third-order valence-electron chi connectivity index (χ3n) is 3.00. The highest BCUT2D eigenvalue weighted by Crippen LogP contribution is 2.25. The number of hydrogen-bond donors (Lipinski definition) is 1. The lowest BCUT2D eigenvalue weighted by atomic mass is 10.2. The van der Waals surface area contributed by atoms with Crippen molar-refractivity contribution in [3.05, 3.63) is 24.3 Å². The van der Waals surface area contributed by atoms with Crippen LogP contribution in [0.25, 0.3) is 0 Å². The van der Waals surface area contributed by atoms with E-state index in [2.05, 4.69) is 19.2 Å². The maximum Gasteiger partial charge on any atom is 0.322 e. The molecule has 0 saturated carbocycles. The summed E-state index contributed by atoms with van der Waals surface area (Å²) < 4.78 is 5.75. The molecule has 1 fully saturated rings. The average Bonchev–Trinajstić information content (AvgIpc) is 2.47. The number of benzene rings is 1. The molecule has 1 saturated heterocycles. The summed E-state index contributed by atoms with van der Waals surface area (Å²) in [6.07, 6.45) is 0. The van der Waals surface area contributed by atoms with Crippen LogP contribution in [0.4, 0.5) is 10.5 Å². The van der Waals surface area contributed by atoms with E-state index in [4.69, 9.17) is 4.74 Å². The van der Waals surface area contributed by atoms with Crippen LogP contribution >= 0.6 is 11.8 Å². The summed E-state index contributed by atoms with van der Waals surface area (Å²) >= 11 is 1.89. The van der Waals surface area contributed by atoms with Gasteiger partial charge in [-0.3, -0.25) is 0 Å². The molecule has 1 heterocycles. The Morgan fingerprint density at radius 3 is 2.75 bits per heavy atom. The van der Waals surface area contributed by atoms with Crippen LogP contribution in [0.5, 0.6) is 5.75 Å². The minimum absolute atomic E-state index is 0.0362. The summed E-state index contributed by atoms with van der Waals surface area (Å²) in [6, 6.07) is 7.56. The molecule has 20 heavy (non-hydrogen) atoms. The lowest BCUT2D eigenvalue weighted by Gasteiger charge is -2.27. The van der Waals surface area contributed by atoms with Gasteiger partial charge in [0.05, 0.1) is 12.3 Å². The van der Waals surface area contributed by atoms with E-state index in [0.29, 0.717) is 12.5 Å². The lowest BCUT2D eigenvalue weighted by Crippen LogP contribution is -2.40. The van der Waals surface area contributed by atoms with E-state index >= 15 is 0 Å². The first-order chi connectivity index (χ1) is 9.66. The number of ether oxygens (including phenoxy) is 1. The highest BCUT2D eigenvalue weighted by Gasteiger charge is 2.17. The Morgan fingerprint density at radius 2 is 2.05 bits per heavy atom. The molecule has 1 aromatic rings. The molecule has 0 unspecified atom stereocenters. The van der Waals surface area contributed by atoms with E-state index in [1.807, 2.05) is 40.9 Å². The molecule has 1 aliphatic rings. The number of amides is 2. The maximum absolute atomic E-state index is 12.2. The van der Waals surface area contributed by atoms with Crippen molar-refractivity contribution in [2.75, 3.05) is 36.5 Å². The van der Waals surface area contributed by atoms with Gasteiger partial charge in [-0.2, -0.15) is 11.8 Å². The number of carbonyl (C=O) groups excluding carboxylic acids is 1. The standard InChI is InChI=1S/C15H22N2O2S/c1-12(2)11-19-14-6-4-3-5-13(14)16-15(18)17-7-9-20-10-8-17/h3-6,12H,7-11H2,1-2H3,(H,16,18). The summed E-state index contributed by atoms with van der Waals surface area (Å²) in [5.74, 6) is 3.22. The molecule has 1 N–H and O–H groups in total. The van der Waals surface area contributed by atoms with Gasteiger partial charge in [-0.05, 0) is 18.1 Å². The number of anilines is 1. The third kappa shape index (κ3) is 4.34. The molecule has 2 amide bonds. The monoisotopic (exact) mass is 294 g/mol. The van der Waals surface area contributed by atoms with E-state index in [1.165, 1.54) is 0 Å². The fraction of sp³-hybridized carbons (Fsp3) is 0.533. The van der Waals surface area contributed by atoms with Gasteiger partial charge in [0.2, 0.25) is 0 Å². The van der Waals surface area contributed by atoms with E-state index in [-0.39, 0.29) is 6.03 Å². The average molecular weight is 294 g/mol. The fourth-order valence-electron chi connectivity index (χ4n) is 1.91. The first kappa shape index (κ1) is 15.0. The highest BCUT2D eigenvalue weighted by molar-refractivity contribution is 7.99. The van der Waals surface area contributed by atoms with Crippen molar-refractivity contribution in [3.8, 4) is 5.75 Å². The predicted octanol–water partition coefficient (Wildman–Crippen LogP) is 3.30. The Balaban J connectivity index is 1.98. The lowest BCUT2D eigenvalue weighted by molar-refractivity contribution is 0.216. The number of urea groups is 1. The Kier molecular flexibility index (Phi) is 5.59. The Labute approximate surface area is 124 Å². The molecule has 0 bridgehead atoms. The molecule has 1 aromatic carbocycles. The second kappa shape index (κ2) is 7.43. The highest BCUT2D eigenvalue weighted by atomic mass is 32.2. The number of hydrogen-bond acceptors (Lipinski definition) is 3. The van der Waals surface area contributed by atoms with Gasteiger partial charge in [0, 0.05) is 24.6 Å². The van der Waals surface area contributed by atoms with Crippen molar-refractivity contribution in [3.63, 3.8) is 0 Å². The van der Waals surface area contributed by atoms with Gasteiger partial charge >= 0.3 is 6.03 Å². The number of thioether (sulfide) groups is 1. The van der Waals surface area contributed by atoms with Gasteiger partial charge in [-0.15, -0.1) is 0 Å². The first-order valence-electron chi connectivity index (χ1n) is 7.02. The number of para-hydroxylation sites is 2. The van der Waals surface area contributed by atoms with Crippen LogP contribution in [0.1, 0.15) is 13.8 Å². The van der Waals surface area contributed by atoms with Gasteiger partial charge < -0.3 is 15.0 Å². The largest absolute Gasteiger partial charge is 0.491 e. The maximum atomic E-state index is 12.2. The van der Waals surface area contributed by atoms with Crippen molar-refractivity contribution in [2.45, 2.75) is 13.8 Å². The SMILES string of the molecule is CC(C)COc1ccccc1NC(=O)N1CCSCC1. The van der Waals surface area contributed by atoms with Gasteiger partial charge in [-0.1, -0.05) is 26.0 Å². The van der Waals surface area contributed by atoms with Crippen LogP contribution in [0.15, 0.2) is 24.3 Å². The quantitative estimate of drug-likeness (QED) is 0.926. The van der Waals surface area contributed by atoms with E-state index in [9.17, 15) is 4.79 Å². The smallest absolute Gasteiger partial charge is 0.322 e. The van der Waals surface area contributed by atoms with Crippen LogP contribution in [0.3, 0.4) is 0 Å². The van der Waals surface area contributed by atoms with Gasteiger partial charge in [0.25, 0.3) is 0 Å². The van der Waals surface area contributed by atoms with Crippen LogP contribution < -0.4 is 10.1 Å². The third-order valence-corrected chi connectivity index (χ3v) is 3.94. The van der Waals surface area contributed by atoms with Crippen LogP contribution in [0.2, 0.25) is 0 Å². The molecule has 2 rings (SSSR count). The number of rotatable bonds is 4. The van der Waals surface area contributed by atoms with Crippen molar-refractivity contribution < 1.29 is 9.53 Å². The normalized spacial score (nSPS) is 15.2. The molecular formula is C15H22N2O2S. The van der Waals surface area contributed by atoms with Crippen molar-refractivity contribution >= 4 is 23.5 Å². The zero-order chi connectivity index (χ0) is 14.4. The second-order valence-electron chi connectivity index (χ2n) is 5.23. The van der Waals surface area contributed by atoms with Crippen LogP contribution in [-0.2, 0) is 0 Å². The number of nitrogens with zero attached hydrogens (tertiary/aromatic N) is 1. The summed E-state index contributed by atoms with van der Waals surface area (Å²) in [7, 11) is 0. The van der Waals surface area contributed by atoms with E-state index in [0.717, 1.165) is 36.0 Å². The molecule has 1 aliphatic heterocycles. The first-order valence-corrected chi connectivity index (χ1v) is 8.18. The molecule has 0 aliphatic carbocycles. The van der Waals surface area contributed by atoms with Crippen molar-refractivity contribution in [1.29, 1.82) is 0 Å². The summed E-state index contributed by atoms with van der Waals surface area (Å²) in [5.41, 5.74) is 0.747. The van der Waals surface area contributed by atoms with Crippen molar-refractivity contribution in [2.24, 2.45) is 5.92 Å². The van der Waals surface area contributed by atoms with Crippen molar-refractivity contribution in [1.82, 2.24) is 4.90 Å². The molecular weight excluding hydrogens is 272 g/mol. The Hall–Kier alpha value is -1.36. The molecule has 0 aromatic heterocycles. The fourth-order valence-corrected chi connectivity index (χ4v) is 2.82. The van der Waals surface area contributed by atoms with Crippen LogP contribution in [0, 0.1) is 5.92 Å². The number of nitrogens with one attached hydrogen (secondary N) is 1. The summed E-state index contributed by atoms with van der Waals surface area (Å²) in [5, 5.41) is 2.96. The molecule has 0 atom stereocenters.